The Labute approximate surface area is 116 Å². The van der Waals surface area contributed by atoms with E-state index in [-0.39, 0.29) is 0 Å². The fourth-order valence-corrected chi connectivity index (χ4v) is 3.74. The van der Waals surface area contributed by atoms with Gasteiger partial charge in [0.25, 0.3) is 0 Å². The highest BCUT2D eigenvalue weighted by Gasteiger charge is 2.31. The Bertz CT molecular complexity index is 525. The predicted molar refractivity (Wildman–Crippen MR) is 79.0 cm³/mol. The van der Waals surface area contributed by atoms with Crippen LogP contribution in [0.25, 0.3) is 0 Å². The van der Waals surface area contributed by atoms with E-state index in [2.05, 4.69) is 36.5 Å². The van der Waals surface area contributed by atoms with Gasteiger partial charge in [0, 0.05) is 18.1 Å². The number of nitrogens with one attached hydrogen (secondary N) is 1. The van der Waals surface area contributed by atoms with Crippen LogP contribution >= 0.6 is 0 Å². The van der Waals surface area contributed by atoms with Crippen LogP contribution in [0.4, 0.5) is 0 Å². The van der Waals surface area contributed by atoms with Gasteiger partial charge in [0.1, 0.15) is 9.84 Å². The molecule has 0 spiro atoms. The molecule has 1 aromatic carbocycles. The van der Waals surface area contributed by atoms with Gasteiger partial charge in [0.05, 0.1) is 0 Å². The topological polar surface area (TPSA) is 46.2 Å². The molecule has 0 amide bonds. The fourth-order valence-electron chi connectivity index (χ4n) is 3.05. The number of rotatable bonds is 6. The first-order chi connectivity index (χ1) is 9.01. The van der Waals surface area contributed by atoms with Crippen LogP contribution < -0.4 is 5.32 Å². The van der Waals surface area contributed by atoms with E-state index in [0.717, 1.165) is 25.8 Å². The van der Waals surface area contributed by atoms with Crippen LogP contribution in [-0.4, -0.2) is 27.0 Å². The molecule has 0 radical (unpaired) electrons. The highest BCUT2D eigenvalue weighted by Crippen LogP contribution is 2.38. The van der Waals surface area contributed by atoms with Gasteiger partial charge in [0.15, 0.2) is 0 Å². The molecule has 0 bridgehead atoms. The van der Waals surface area contributed by atoms with E-state index in [9.17, 15) is 8.42 Å². The van der Waals surface area contributed by atoms with Crippen molar-refractivity contribution in [3.63, 3.8) is 0 Å². The third-order valence-electron chi connectivity index (χ3n) is 3.86. The molecule has 2 rings (SSSR count). The van der Waals surface area contributed by atoms with E-state index in [4.69, 9.17) is 0 Å². The number of hydrogen-bond acceptors (Lipinski definition) is 3. The van der Waals surface area contributed by atoms with Crippen LogP contribution in [0.2, 0.25) is 0 Å². The summed E-state index contributed by atoms with van der Waals surface area (Å²) in [6.45, 7) is 3.07. The molecule has 0 aliphatic heterocycles. The van der Waals surface area contributed by atoms with Crippen molar-refractivity contribution in [1.29, 1.82) is 0 Å². The van der Waals surface area contributed by atoms with Crippen molar-refractivity contribution >= 4 is 9.84 Å². The summed E-state index contributed by atoms with van der Waals surface area (Å²) in [5, 5.41) is 3.55. The molecule has 0 saturated carbocycles. The Balaban J connectivity index is 2.02. The molecular formula is C15H23NO2S. The molecule has 3 nitrogen and oxygen atoms in total. The van der Waals surface area contributed by atoms with Gasteiger partial charge in [-0.1, -0.05) is 31.2 Å². The van der Waals surface area contributed by atoms with Crippen LogP contribution in [0.5, 0.6) is 0 Å². The van der Waals surface area contributed by atoms with Crippen molar-refractivity contribution in [1.82, 2.24) is 5.32 Å². The zero-order chi connectivity index (χ0) is 13.9. The van der Waals surface area contributed by atoms with Crippen LogP contribution in [0.15, 0.2) is 24.3 Å². The Morgan fingerprint density at radius 1 is 1.32 bits per heavy atom. The minimum atomic E-state index is -2.83. The number of fused-ring (bicyclic) bond motifs is 1. The highest BCUT2D eigenvalue weighted by atomic mass is 32.2. The summed E-state index contributed by atoms with van der Waals surface area (Å²) in [7, 11) is -2.83. The molecule has 2 unspecified atom stereocenters. The van der Waals surface area contributed by atoms with Crippen molar-refractivity contribution < 1.29 is 8.42 Å². The number of hydrogen-bond donors (Lipinski definition) is 1. The smallest absolute Gasteiger partial charge is 0.147 e. The molecule has 1 aliphatic rings. The Morgan fingerprint density at radius 3 is 2.74 bits per heavy atom. The lowest BCUT2D eigenvalue weighted by molar-refractivity contribution is 0.370. The van der Waals surface area contributed by atoms with E-state index in [1.165, 1.54) is 17.4 Å². The van der Waals surface area contributed by atoms with Crippen LogP contribution in [0, 0.1) is 5.92 Å². The highest BCUT2D eigenvalue weighted by molar-refractivity contribution is 7.90. The molecule has 2 atom stereocenters. The van der Waals surface area contributed by atoms with Crippen molar-refractivity contribution in [3.05, 3.63) is 35.4 Å². The summed E-state index contributed by atoms with van der Waals surface area (Å²) >= 11 is 0. The number of sulfone groups is 1. The first-order valence-electron chi connectivity index (χ1n) is 7.00. The zero-order valence-electron chi connectivity index (χ0n) is 11.7. The van der Waals surface area contributed by atoms with Crippen molar-refractivity contribution in [2.24, 2.45) is 5.92 Å². The third kappa shape index (κ3) is 3.80. The van der Waals surface area contributed by atoms with E-state index >= 15 is 0 Å². The second kappa shape index (κ2) is 6.06. The van der Waals surface area contributed by atoms with Gasteiger partial charge in [-0.25, -0.2) is 8.42 Å². The molecule has 1 aliphatic carbocycles. The molecule has 4 heteroatoms. The largest absolute Gasteiger partial charge is 0.310 e. The summed E-state index contributed by atoms with van der Waals surface area (Å²) in [5.74, 6) is 0.831. The summed E-state index contributed by atoms with van der Waals surface area (Å²) in [6.07, 6.45) is 4.12. The summed E-state index contributed by atoms with van der Waals surface area (Å²) in [5.41, 5.74) is 2.81. The van der Waals surface area contributed by atoms with Crippen LogP contribution in [-0.2, 0) is 16.3 Å². The maximum atomic E-state index is 11.2. The van der Waals surface area contributed by atoms with Gasteiger partial charge in [-0.2, -0.15) is 0 Å². The Morgan fingerprint density at radius 2 is 2.05 bits per heavy atom. The molecule has 1 aromatic rings. The van der Waals surface area contributed by atoms with E-state index in [1.54, 1.807) is 0 Å². The minimum absolute atomic E-state index is 0.304. The average Bonchev–Trinajstić information content (AvgIpc) is 2.67. The fraction of sp³-hybridized carbons (Fsp3) is 0.600. The normalized spacial score (nSPS) is 22.4. The third-order valence-corrected chi connectivity index (χ3v) is 4.89. The predicted octanol–water partition coefficient (Wildman–Crippen LogP) is 2.33. The first kappa shape index (κ1) is 14.5. The lowest BCUT2D eigenvalue weighted by Gasteiger charge is -2.21. The van der Waals surface area contributed by atoms with Gasteiger partial charge in [0.2, 0.25) is 0 Å². The molecule has 0 aromatic heterocycles. The summed E-state index contributed by atoms with van der Waals surface area (Å²) in [4.78, 5) is 0. The lowest BCUT2D eigenvalue weighted by atomic mass is 9.95. The minimum Gasteiger partial charge on any atom is -0.310 e. The molecule has 0 saturated heterocycles. The van der Waals surface area contributed by atoms with Gasteiger partial charge in [-0.3, -0.25) is 0 Å². The molecule has 106 valence electrons. The van der Waals surface area contributed by atoms with Gasteiger partial charge < -0.3 is 5.32 Å². The first-order valence-corrected chi connectivity index (χ1v) is 9.06. The van der Waals surface area contributed by atoms with Gasteiger partial charge in [-0.15, -0.1) is 0 Å². The van der Waals surface area contributed by atoms with Crippen molar-refractivity contribution in [2.45, 2.75) is 32.2 Å². The lowest BCUT2D eigenvalue weighted by Crippen LogP contribution is -2.25. The molecule has 0 heterocycles. The second-order valence-electron chi connectivity index (χ2n) is 5.47. The molecule has 1 N–H and O–H groups in total. The second-order valence-corrected chi connectivity index (χ2v) is 7.73. The van der Waals surface area contributed by atoms with E-state index < -0.39 is 9.84 Å². The zero-order valence-corrected chi connectivity index (χ0v) is 12.5. The summed E-state index contributed by atoms with van der Waals surface area (Å²) < 4.78 is 22.4. The Kier molecular flexibility index (Phi) is 4.63. The van der Waals surface area contributed by atoms with Crippen LogP contribution in [0.3, 0.4) is 0 Å². The van der Waals surface area contributed by atoms with Gasteiger partial charge >= 0.3 is 0 Å². The van der Waals surface area contributed by atoms with Crippen molar-refractivity contribution in [2.75, 3.05) is 18.6 Å². The van der Waals surface area contributed by atoms with E-state index in [0.29, 0.717) is 17.7 Å². The Hall–Kier alpha value is -0.870. The monoisotopic (exact) mass is 281 g/mol. The maximum Gasteiger partial charge on any atom is 0.147 e. The summed E-state index contributed by atoms with van der Waals surface area (Å²) in [6, 6.07) is 8.94. The van der Waals surface area contributed by atoms with Gasteiger partial charge in [-0.05, 0) is 42.9 Å². The molecular weight excluding hydrogens is 258 g/mol. The maximum absolute atomic E-state index is 11.2. The van der Waals surface area contributed by atoms with Crippen LogP contribution in [0.1, 0.15) is 36.9 Å². The SMILES string of the molecule is CCNC1c2ccccc2CC1CCCS(C)(=O)=O. The van der Waals surface area contributed by atoms with Crippen molar-refractivity contribution in [3.8, 4) is 0 Å². The standard InChI is InChI=1S/C15H23NO2S/c1-3-16-15-13(8-6-10-19(2,17)18)11-12-7-4-5-9-14(12)15/h4-5,7,9,13,15-16H,3,6,8,10-11H2,1-2H3. The quantitative estimate of drug-likeness (QED) is 0.870. The average molecular weight is 281 g/mol. The molecule has 19 heavy (non-hydrogen) atoms. The van der Waals surface area contributed by atoms with E-state index in [1.807, 2.05) is 0 Å². The molecule has 0 fully saturated rings. The number of benzene rings is 1.